The van der Waals surface area contributed by atoms with Gasteiger partial charge in [-0.1, -0.05) is 23.4 Å². The number of carbonyl (C=O) groups excluding carboxylic acids is 1. The quantitative estimate of drug-likeness (QED) is 0.744. The van der Waals surface area contributed by atoms with Gasteiger partial charge in [0.05, 0.1) is 12.2 Å². The third-order valence-corrected chi connectivity index (χ3v) is 5.12. The van der Waals surface area contributed by atoms with E-state index in [1.807, 2.05) is 46.1 Å². The van der Waals surface area contributed by atoms with Crippen LogP contribution in [0.15, 0.2) is 54.2 Å². The van der Waals surface area contributed by atoms with Gasteiger partial charge in [0.2, 0.25) is 0 Å². The Bertz CT molecular complexity index is 781. The Labute approximate surface area is 138 Å². The number of thiophene rings is 1. The topological polar surface area (TPSA) is 51.0 Å². The van der Waals surface area contributed by atoms with E-state index in [2.05, 4.69) is 21.8 Å². The zero-order chi connectivity index (χ0) is 15.6. The van der Waals surface area contributed by atoms with Gasteiger partial charge in [-0.05, 0) is 35.6 Å². The van der Waals surface area contributed by atoms with Crippen LogP contribution in [-0.2, 0) is 0 Å². The van der Waals surface area contributed by atoms with E-state index in [0.29, 0.717) is 6.54 Å². The number of hydrogen-bond acceptors (Lipinski definition) is 4. The average Bonchev–Trinajstić information content (AvgIpc) is 3.36. The summed E-state index contributed by atoms with van der Waals surface area (Å²) in [4.78, 5) is 15.8. The molecular weight excluding hydrogens is 308 g/mol. The lowest BCUT2D eigenvalue weighted by molar-refractivity contribution is 0.0787. The van der Waals surface area contributed by atoms with E-state index in [0.717, 1.165) is 24.1 Å². The molecule has 3 heterocycles. The lowest BCUT2D eigenvalue weighted by Crippen LogP contribution is -2.29. The first-order valence-corrected chi connectivity index (χ1v) is 8.48. The molecule has 2 aromatic heterocycles. The summed E-state index contributed by atoms with van der Waals surface area (Å²) in [5, 5.41) is 9.93. The number of likely N-dealkylation sites (tertiary alicyclic amines) is 1. The zero-order valence-electron chi connectivity index (χ0n) is 12.5. The lowest BCUT2D eigenvalue weighted by Gasteiger charge is -2.16. The number of nitrogens with zero attached hydrogens (tertiary/aromatic N) is 4. The van der Waals surface area contributed by atoms with Gasteiger partial charge in [-0.2, -0.15) is 0 Å². The molecule has 0 radical (unpaired) electrons. The van der Waals surface area contributed by atoms with Crippen molar-refractivity contribution >= 4 is 17.2 Å². The molecule has 0 N–H and O–H groups in total. The van der Waals surface area contributed by atoms with Crippen LogP contribution in [0.4, 0.5) is 0 Å². The van der Waals surface area contributed by atoms with Gasteiger partial charge < -0.3 is 4.90 Å². The highest BCUT2D eigenvalue weighted by molar-refractivity contribution is 7.13. The maximum Gasteiger partial charge on any atom is 0.253 e. The van der Waals surface area contributed by atoms with Crippen LogP contribution in [0.3, 0.4) is 0 Å². The Hall–Kier alpha value is -2.47. The lowest BCUT2D eigenvalue weighted by atomic mass is 10.1. The molecule has 1 atom stereocenters. The van der Waals surface area contributed by atoms with Crippen molar-refractivity contribution in [2.45, 2.75) is 12.5 Å². The number of benzene rings is 1. The van der Waals surface area contributed by atoms with Crippen LogP contribution in [-0.4, -0.2) is 38.9 Å². The fraction of sp³-hybridized carbons (Fsp3) is 0.235. The number of amides is 1. The normalized spacial score (nSPS) is 17.6. The summed E-state index contributed by atoms with van der Waals surface area (Å²) in [5.41, 5.74) is 1.89. The van der Waals surface area contributed by atoms with Crippen LogP contribution in [0, 0.1) is 0 Å². The minimum Gasteiger partial charge on any atom is -0.336 e. The van der Waals surface area contributed by atoms with Crippen molar-refractivity contribution in [2.24, 2.45) is 0 Å². The third kappa shape index (κ3) is 2.77. The van der Waals surface area contributed by atoms with E-state index in [1.165, 1.54) is 4.88 Å². The average molecular weight is 324 g/mol. The van der Waals surface area contributed by atoms with Crippen LogP contribution < -0.4 is 0 Å². The molecule has 1 aliphatic rings. The molecule has 1 amide bonds. The predicted molar refractivity (Wildman–Crippen MR) is 89.3 cm³/mol. The van der Waals surface area contributed by atoms with Crippen LogP contribution in [0.5, 0.6) is 0 Å². The predicted octanol–water partition coefficient (Wildman–Crippen LogP) is 3.09. The van der Waals surface area contributed by atoms with E-state index < -0.39 is 0 Å². The van der Waals surface area contributed by atoms with Crippen molar-refractivity contribution in [3.05, 3.63) is 59.7 Å². The summed E-state index contributed by atoms with van der Waals surface area (Å²) < 4.78 is 1.84. The van der Waals surface area contributed by atoms with Crippen molar-refractivity contribution in [1.29, 1.82) is 0 Å². The first kappa shape index (κ1) is 14.1. The van der Waals surface area contributed by atoms with E-state index in [4.69, 9.17) is 0 Å². The van der Waals surface area contributed by atoms with Crippen LogP contribution in [0.2, 0.25) is 0 Å². The van der Waals surface area contributed by atoms with Gasteiger partial charge in [0.1, 0.15) is 0 Å². The van der Waals surface area contributed by atoms with Gasteiger partial charge in [0, 0.05) is 29.7 Å². The van der Waals surface area contributed by atoms with Gasteiger partial charge in [-0.15, -0.1) is 16.4 Å². The summed E-state index contributed by atoms with van der Waals surface area (Å²) in [6.45, 7) is 1.45. The molecule has 23 heavy (non-hydrogen) atoms. The standard InChI is InChI=1S/C17H16N4OS/c22-17(20-9-7-15(12-20)21-10-8-18-19-21)14-5-3-13(4-6-14)16-2-1-11-23-16/h1-6,8,10-11,15H,7,9,12H2. The van der Waals surface area contributed by atoms with E-state index in [-0.39, 0.29) is 11.9 Å². The van der Waals surface area contributed by atoms with Gasteiger partial charge in [-0.25, -0.2) is 4.68 Å². The molecule has 1 aromatic carbocycles. The van der Waals surface area contributed by atoms with Gasteiger partial charge in [-0.3, -0.25) is 4.79 Å². The molecule has 4 rings (SSSR count). The van der Waals surface area contributed by atoms with Crippen molar-refractivity contribution < 1.29 is 4.79 Å². The number of rotatable bonds is 3. The maximum atomic E-state index is 12.6. The first-order valence-electron chi connectivity index (χ1n) is 7.60. The van der Waals surface area contributed by atoms with Gasteiger partial charge in [0.15, 0.2) is 0 Å². The summed E-state index contributed by atoms with van der Waals surface area (Å²) in [6.07, 6.45) is 4.45. The molecule has 116 valence electrons. The SMILES string of the molecule is O=C(c1ccc(-c2cccs2)cc1)N1CCC(n2ccnn2)C1. The monoisotopic (exact) mass is 324 g/mol. The summed E-state index contributed by atoms with van der Waals surface area (Å²) in [7, 11) is 0. The fourth-order valence-electron chi connectivity index (χ4n) is 2.96. The Morgan fingerprint density at radius 2 is 2.09 bits per heavy atom. The molecule has 1 saturated heterocycles. The smallest absolute Gasteiger partial charge is 0.253 e. The molecule has 1 unspecified atom stereocenters. The van der Waals surface area contributed by atoms with E-state index >= 15 is 0 Å². The number of aromatic nitrogens is 3. The molecule has 3 aromatic rings. The fourth-order valence-corrected chi connectivity index (χ4v) is 3.69. The molecule has 0 saturated carbocycles. The Balaban J connectivity index is 1.47. The van der Waals surface area contributed by atoms with Crippen LogP contribution in [0.25, 0.3) is 10.4 Å². The Morgan fingerprint density at radius 1 is 1.22 bits per heavy atom. The minimum atomic E-state index is 0.0883. The molecule has 0 aliphatic carbocycles. The minimum absolute atomic E-state index is 0.0883. The number of hydrogen-bond donors (Lipinski definition) is 0. The van der Waals surface area contributed by atoms with Crippen molar-refractivity contribution in [3.63, 3.8) is 0 Å². The van der Waals surface area contributed by atoms with E-state index in [9.17, 15) is 4.79 Å². The van der Waals surface area contributed by atoms with Gasteiger partial charge in [0.25, 0.3) is 5.91 Å². The van der Waals surface area contributed by atoms with E-state index in [1.54, 1.807) is 17.5 Å². The van der Waals surface area contributed by atoms with Crippen LogP contribution in [0.1, 0.15) is 22.8 Å². The highest BCUT2D eigenvalue weighted by Gasteiger charge is 2.28. The summed E-state index contributed by atoms with van der Waals surface area (Å²) >= 11 is 1.70. The van der Waals surface area contributed by atoms with Crippen molar-refractivity contribution in [1.82, 2.24) is 19.9 Å². The van der Waals surface area contributed by atoms with Crippen molar-refractivity contribution in [2.75, 3.05) is 13.1 Å². The zero-order valence-corrected chi connectivity index (χ0v) is 13.3. The molecule has 0 bridgehead atoms. The maximum absolute atomic E-state index is 12.6. The molecule has 5 nitrogen and oxygen atoms in total. The van der Waals surface area contributed by atoms with Gasteiger partial charge >= 0.3 is 0 Å². The highest BCUT2D eigenvalue weighted by Crippen LogP contribution is 2.26. The molecular formula is C17H16N4OS. The Morgan fingerprint density at radius 3 is 2.78 bits per heavy atom. The van der Waals surface area contributed by atoms with Crippen molar-refractivity contribution in [3.8, 4) is 10.4 Å². The molecule has 1 aliphatic heterocycles. The Kier molecular flexibility index (Phi) is 3.67. The second-order valence-electron chi connectivity index (χ2n) is 5.63. The largest absolute Gasteiger partial charge is 0.336 e. The first-order chi connectivity index (χ1) is 11.3. The third-order valence-electron chi connectivity index (χ3n) is 4.20. The summed E-state index contributed by atoms with van der Waals surface area (Å²) in [5.74, 6) is 0.0883. The van der Waals surface area contributed by atoms with Crippen LogP contribution >= 0.6 is 11.3 Å². The number of carbonyl (C=O) groups is 1. The molecule has 1 fully saturated rings. The molecule has 0 spiro atoms. The molecule has 6 heteroatoms. The summed E-state index contributed by atoms with van der Waals surface area (Å²) in [6, 6.07) is 12.2. The second-order valence-corrected chi connectivity index (χ2v) is 6.58. The second kappa shape index (κ2) is 5.96. The highest BCUT2D eigenvalue weighted by atomic mass is 32.1.